The predicted octanol–water partition coefficient (Wildman–Crippen LogP) is 4.24. The van der Waals surface area contributed by atoms with Crippen molar-refractivity contribution in [2.45, 2.75) is 17.8 Å². The fourth-order valence-electron chi connectivity index (χ4n) is 3.53. The van der Waals surface area contributed by atoms with Crippen molar-refractivity contribution in [1.29, 1.82) is 0 Å². The van der Waals surface area contributed by atoms with Gasteiger partial charge in [0, 0.05) is 43.7 Å². The van der Waals surface area contributed by atoms with Crippen molar-refractivity contribution in [3.05, 3.63) is 77.2 Å². The fraction of sp³-hybridized carbons (Fsp3) is 0.261. The lowest BCUT2D eigenvalue weighted by molar-refractivity contribution is 0.0697. The van der Waals surface area contributed by atoms with Gasteiger partial charge in [-0.2, -0.15) is 0 Å². The zero-order chi connectivity index (χ0) is 21.8. The van der Waals surface area contributed by atoms with E-state index in [1.54, 1.807) is 18.2 Å². The highest BCUT2D eigenvalue weighted by molar-refractivity contribution is 7.98. The van der Waals surface area contributed by atoms with E-state index in [9.17, 15) is 9.18 Å². The largest absolute Gasteiger partial charge is 0.478 e. The lowest BCUT2D eigenvalue weighted by Gasteiger charge is -2.37. The molecule has 0 bridgehead atoms. The third-order valence-electron chi connectivity index (χ3n) is 5.19. The number of piperazine rings is 1. The van der Waals surface area contributed by atoms with Gasteiger partial charge in [-0.15, -0.1) is 0 Å². The molecule has 31 heavy (non-hydrogen) atoms. The van der Waals surface area contributed by atoms with Crippen molar-refractivity contribution in [3.63, 3.8) is 0 Å². The van der Waals surface area contributed by atoms with E-state index >= 15 is 0 Å². The highest BCUT2D eigenvalue weighted by Gasteiger charge is 2.21. The van der Waals surface area contributed by atoms with Crippen LogP contribution < -0.4 is 9.80 Å². The first kappa shape index (κ1) is 21.1. The molecule has 1 aliphatic heterocycles. The van der Waals surface area contributed by atoms with E-state index in [0.29, 0.717) is 16.6 Å². The molecule has 4 rings (SSSR count). The number of aryl methyl sites for hydroxylation is 1. The Bertz CT molecular complexity index is 1070. The Labute approximate surface area is 184 Å². The number of halogens is 1. The molecule has 6 nitrogen and oxygen atoms in total. The molecule has 2 heterocycles. The zero-order valence-electron chi connectivity index (χ0n) is 17.2. The maximum Gasteiger partial charge on any atom is 0.335 e. The molecule has 0 spiro atoms. The third-order valence-corrected chi connectivity index (χ3v) is 6.10. The molecule has 2 aromatic carbocycles. The van der Waals surface area contributed by atoms with Crippen LogP contribution in [0.5, 0.6) is 0 Å². The summed E-state index contributed by atoms with van der Waals surface area (Å²) < 4.78 is 14.1. The van der Waals surface area contributed by atoms with Crippen LogP contribution in [0.15, 0.2) is 59.8 Å². The maximum absolute atomic E-state index is 14.1. The van der Waals surface area contributed by atoms with Crippen LogP contribution in [0.2, 0.25) is 0 Å². The van der Waals surface area contributed by atoms with Crippen LogP contribution in [-0.2, 0) is 5.75 Å². The van der Waals surface area contributed by atoms with Crippen molar-refractivity contribution in [3.8, 4) is 0 Å². The maximum atomic E-state index is 14.1. The van der Waals surface area contributed by atoms with Gasteiger partial charge in [-0.1, -0.05) is 36.0 Å². The molecular weight excluding hydrogens is 415 g/mol. The number of carboxylic acid groups (broad SMARTS) is 1. The SMILES string of the molecule is Cc1cc(N2CCN(c3ccccc3F)CC2)nc(SCc2ccc(C(=O)O)cc2)n1. The third kappa shape index (κ3) is 5.14. The summed E-state index contributed by atoms with van der Waals surface area (Å²) in [5, 5.41) is 9.70. The standard InChI is InChI=1S/C23H23FN4O2S/c1-16-14-21(28-12-10-27(11-13-28)20-5-3-2-4-19(20)24)26-23(25-16)31-15-17-6-8-18(9-7-17)22(29)30/h2-9,14H,10-13,15H2,1H3,(H,29,30). The molecular formula is C23H23FN4O2S. The molecule has 0 atom stereocenters. The van der Waals surface area contributed by atoms with Crippen molar-refractivity contribution in [2.75, 3.05) is 36.0 Å². The van der Waals surface area contributed by atoms with Crippen LogP contribution in [0, 0.1) is 12.7 Å². The summed E-state index contributed by atoms with van der Waals surface area (Å²) in [6.07, 6.45) is 0. The van der Waals surface area contributed by atoms with Gasteiger partial charge in [0.15, 0.2) is 5.16 Å². The molecule has 1 aliphatic rings. The summed E-state index contributed by atoms with van der Waals surface area (Å²) >= 11 is 1.52. The van der Waals surface area contributed by atoms with Gasteiger partial charge in [0.2, 0.25) is 0 Å². The highest BCUT2D eigenvalue weighted by Crippen LogP contribution is 2.25. The van der Waals surface area contributed by atoms with Gasteiger partial charge in [0.05, 0.1) is 11.3 Å². The lowest BCUT2D eigenvalue weighted by Crippen LogP contribution is -2.47. The second-order valence-corrected chi connectivity index (χ2v) is 8.31. The summed E-state index contributed by atoms with van der Waals surface area (Å²) in [5.74, 6) is 0.415. The van der Waals surface area contributed by atoms with Crippen molar-refractivity contribution in [1.82, 2.24) is 9.97 Å². The predicted molar refractivity (Wildman–Crippen MR) is 121 cm³/mol. The summed E-state index contributed by atoms with van der Waals surface area (Å²) in [6, 6.07) is 15.7. The molecule has 8 heteroatoms. The van der Waals surface area contributed by atoms with Crippen LogP contribution in [0.3, 0.4) is 0 Å². The normalized spacial score (nSPS) is 14.0. The Morgan fingerprint density at radius 3 is 2.39 bits per heavy atom. The number of hydrogen-bond acceptors (Lipinski definition) is 6. The van der Waals surface area contributed by atoms with Crippen LogP contribution in [0.1, 0.15) is 21.6 Å². The first-order valence-corrected chi connectivity index (χ1v) is 11.0. The van der Waals surface area contributed by atoms with E-state index in [2.05, 4.69) is 14.8 Å². The minimum absolute atomic E-state index is 0.191. The second-order valence-electron chi connectivity index (χ2n) is 7.37. The molecule has 0 amide bonds. The molecule has 160 valence electrons. The number of carboxylic acids is 1. The van der Waals surface area contributed by atoms with Gasteiger partial charge in [-0.05, 0) is 36.8 Å². The van der Waals surface area contributed by atoms with Crippen LogP contribution in [0.4, 0.5) is 15.9 Å². The number of anilines is 2. The second kappa shape index (κ2) is 9.34. The molecule has 3 aromatic rings. The minimum Gasteiger partial charge on any atom is -0.478 e. The average molecular weight is 439 g/mol. The number of aromatic nitrogens is 2. The summed E-state index contributed by atoms with van der Waals surface area (Å²) in [4.78, 5) is 24.5. The molecule has 1 saturated heterocycles. The van der Waals surface area contributed by atoms with Crippen molar-refractivity contribution >= 4 is 29.2 Å². The molecule has 0 unspecified atom stereocenters. The molecule has 1 N–H and O–H groups in total. The van der Waals surface area contributed by atoms with E-state index < -0.39 is 5.97 Å². The fourth-order valence-corrected chi connectivity index (χ4v) is 4.38. The quantitative estimate of drug-likeness (QED) is 0.456. The Hall–Kier alpha value is -3.13. The summed E-state index contributed by atoms with van der Waals surface area (Å²) in [7, 11) is 0. The summed E-state index contributed by atoms with van der Waals surface area (Å²) in [6.45, 7) is 4.91. The number of nitrogens with zero attached hydrogens (tertiary/aromatic N) is 4. The number of rotatable bonds is 6. The Morgan fingerprint density at radius 2 is 1.71 bits per heavy atom. The van der Waals surface area contributed by atoms with Crippen LogP contribution in [0.25, 0.3) is 0 Å². The smallest absolute Gasteiger partial charge is 0.335 e. The first-order valence-electron chi connectivity index (χ1n) is 10.0. The molecule has 0 saturated carbocycles. The Balaban J connectivity index is 1.40. The van der Waals surface area contributed by atoms with Gasteiger partial charge >= 0.3 is 5.97 Å². The van der Waals surface area contributed by atoms with E-state index in [-0.39, 0.29) is 11.4 Å². The van der Waals surface area contributed by atoms with Crippen LogP contribution >= 0.6 is 11.8 Å². The van der Waals surface area contributed by atoms with Gasteiger partial charge in [0.1, 0.15) is 11.6 Å². The van der Waals surface area contributed by atoms with Gasteiger partial charge in [0.25, 0.3) is 0 Å². The number of benzene rings is 2. The van der Waals surface area contributed by atoms with E-state index in [4.69, 9.17) is 10.1 Å². The number of para-hydroxylation sites is 1. The highest BCUT2D eigenvalue weighted by atomic mass is 32.2. The van der Waals surface area contributed by atoms with Gasteiger partial charge in [-0.25, -0.2) is 19.2 Å². The average Bonchev–Trinajstić information content (AvgIpc) is 2.78. The lowest BCUT2D eigenvalue weighted by atomic mass is 10.1. The number of thioether (sulfide) groups is 1. The molecule has 1 aromatic heterocycles. The summed E-state index contributed by atoms with van der Waals surface area (Å²) in [5.41, 5.74) is 2.83. The van der Waals surface area contributed by atoms with E-state index in [0.717, 1.165) is 43.3 Å². The van der Waals surface area contributed by atoms with Gasteiger partial charge < -0.3 is 14.9 Å². The minimum atomic E-state index is -0.930. The number of hydrogen-bond donors (Lipinski definition) is 1. The number of aromatic carboxylic acids is 1. The Kier molecular flexibility index (Phi) is 6.36. The van der Waals surface area contributed by atoms with E-state index in [1.807, 2.05) is 37.3 Å². The first-order chi connectivity index (χ1) is 15.0. The van der Waals surface area contributed by atoms with Crippen molar-refractivity contribution < 1.29 is 14.3 Å². The molecule has 0 aliphatic carbocycles. The number of carbonyl (C=O) groups is 1. The molecule has 1 fully saturated rings. The van der Waals surface area contributed by atoms with Crippen LogP contribution in [-0.4, -0.2) is 47.2 Å². The van der Waals surface area contributed by atoms with Gasteiger partial charge in [-0.3, -0.25) is 0 Å². The monoisotopic (exact) mass is 438 g/mol. The zero-order valence-corrected chi connectivity index (χ0v) is 18.0. The van der Waals surface area contributed by atoms with Crippen molar-refractivity contribution in [2.24, 2.45) is 0 Å². The molecule has 0 radical (unpaired) electrons. The Morgan fingerprint density at radius 1 is 1.03 bits per heavy atom. The topological polar surface area (TPSA) is 69.6 Å². The van der Waals surface area contributed by atoms with E-state index in [1.165, 1.54) is 17.8 Å².